The summed E-state index contributed by atoms with van der Waals surface area (Å²) in [5.41, 5.74) is -0.177. The Kier molecular flexibility index (Phi) is 1.70. The minimum Gasteiger partial charge on any atom is -0.270 e. The molecule has 1 rings (SSSR count). The Morgan fingerprint density at radius 1 is 1.89 bits per heavy atom. The van der Waals surface area contributed by atoms with Gasteiger partial charge in [-0.15, -0.1) is 5.10 Å². The molecule has 0 saturated heterocycles. The molecule has 0 aliphatic carbocycles. The van der Waals surface area contributed by atoms with Crippen molar-refractivity contribution in [3.63, 3.8) is 0 Å². The van der Waals surface area contributed by atoms with Crippen LogP contribution in [0.4, 0.5) is 0 Å². The summed E-state index contributed by atoms with van der Waals surface area (Å²) < 4.78 is 2.04. The lowest BCUT2D eigenvalue weighted by Crippen LogP contribution is -2.15. The molecule has 0 aliphatic heterocycles. The average Bonchev–Trinajstić information content (AvgIpc) is 2.12. The fourth-order valence-electron chi connectivity index (χ4n) is 0.573. The van der Waals surface area contributed by atoms with Gasteiger partial charge in [-0.3, -0.25) is 4.57 Å². The van der Waals surface area contributed by atoms with Crippen molar-refractivity contribution in [1.29, 1.82) is 0 Å². The number of aromatic amines is 1. The lowest BCUT2D eigenvalue weighted by Gasteiger charge is -1.90. The lowest BCUT2D eigenvalue weighted by molar-refractivity contribution is 0.712. The fourth-order valence-corrected chi connectivity index (χ4v) is 1.07. The van der Waals surface area contributed by atoms with Crippen LogP contribution in [0, 0.1) is 0 Å². The molecule has 5 heteroatoms. The van der Waals surface area contributed by atoms with Gasteiger partial charge in [-0.25, -0.2) is 9.89 Å². The quantitative estimate of drug-likeness (QED) is 0.697. The highest BCUT2D eigenvalue weighted by atomic mass is 79.9. The summed E-state index contributed by atoms with van der Waals surface area (Å²) in [6, 6.07) is 0. The normalized spacial score (nSPS) is 10.0. The van der Waals surface area contributed by atoms with Gasteiger partial charge in [-0.2, -0.15) is 0 Å². The van der Waals surface area contributed by atoms with Crippen molar-refractivity contribution in [3.05, 3.63) is 15.2 Å². The Labute approximate surface area is 60.0 Å². The van der Waals surface area contributed by atoms with E-state index < -0.39 is 0 Å². The molecule has 0 aliphatic rings. The number of hydrogen-bond acceptors (Lipinski definition) is 2. The highest BCUT2D eigenvalue weighted by Gasteiger charge is 1.99. The van der Waals surface area contributed by atoms with Crippen LogP contribution in [-0.2, 0) is 6.54 Å². The summed E-state index contributed by atoms with van der Waals surface area (Å²) in [7, 11) is 0. The Balaban J connectivity index is 3.23. The van der Waals surface area contributed by atoms with Gasteiger partial charge >= 0.3 is 5.69 Å². The molecule has 0 saturated carbocycles. The van der Waals surface area contributed by atoms with Crippen molar-refractivity contribution < 1.29 is 0 Å². The molecule has 1 aromatic rings. The van der Waals surface area contributed by atoms with Crippen molar-refractivity contribution >= 4 is 15.9 Å². The molecule has 0 spiro atoms. The highest BCUT2D eigenvalue weighted by molar-refractivity contribution is 9.10. The van der Waals surface area contributed by atoms with Gasteiger partial charge in [-0.1, -0.05) is 0 Å². The van der Waals surface area contributed by atoms with E-state index in [1.807, 2.05) is 6.92 Å². The number of aromatic nitrogens is 3. The first-order valence-corrected chi connectivity index (χ1v) is 3.35. The minimum absolute atomic E-state index is 0.177. The van der Waals surface area contributed by atoms with Crippen molar-refractivity contribution in [2.24, 2.45) is 0 Å². The number of H-pyrrole nitrogens is 1. The molecular weight excluding hydrogens is 186 g/mol. The van der Waals surface area contributed by atoms with Gasteiger partial charge < -0.3 is 0 Å². The Morgan fingerprint density at radius 3 is 2.78 bits per heavy atom. The zero-order valence-electron chi connectivity index (χ0n) is 4.89. The van der Waals surface area contributed by atoms with Crippen molar-refractivity contribution in [3.8, 4) is 0 Å². The first kappa shape index (κ1) is 6.54. The predicted molar refractivity (Wildman–Crippen MR) is 36.2 cm³/mol. The minimum atomic E-state index is -0.177. The smallest absolute Gasteiger partial charge is 0.270 e. The molecule has 0 radical (unpaired) electrons. The van der Waals surface area contributed by atoms with E-state index in [-0.39, 0.29) is 5.69 Å². The van der Waals surface area contributed by atoms with Crippen LogP contribution in [-0.4, -0.2) is 14.8 Å². The third kappa shape index (κ3) is 1.05. The van der Waals surface area contributed by atoms with Gasteiger partial charge in [0.25, 0.3) is 0 Å². The maximum absolute atomic E-state index is 10.7. The van der Waals surface area contributed by atoms with Crippen molar-refractivity contribution in [2.45, 2.75) is 13.5 Å². The third-order valence-corrected chi connectivity index (χ3v) is 1.63. The van der Waals surface area contributed by atoms with Crippen molar-refractivity contribution in [2.75, 3.05) is 0 Å². The molecular formula is C4H6BrN3O. The summed E-state index contributed by atoms with van der Waals surface area (Å²) >= 11 is 3.10. The number of rotatable bonds is 1. The van der Waals surface area contributed by atoms with E-state index in [4.69, 9.17) is 0 Å². The summed E-state index contributed by atoms with van der Waals surface area (Å²) in [6.07, 6.45) is 0. The van der Waals surface area contributed by atoms with Gasteiger partial charge in [0.05, 0.1) is 0 Å². The Bertz CT molecular complexity index is 251. The summed E-state index contributed by atoms with van der Waals surface area (Å²) in [5.74, 6) is 0. The van der Waals surface area contributed by atoms with Crippen LogP contribution in [0.3, 0.4) is 0 Å². The van der Waals surface area contributed by atoms with Gasteiger partial charge in [0.1, 0.15) is 0 Å². The van der Waals surface area contributed by atoms with Crippen LogP contribution in [0.5, 0.6) is 0 Å². The molecule has 1 N–H and O–H groups in total. The topological polar surface area (TPSA) is 50.7 Å². The van der Waals surface area contributed by atoms with Gasteiger partial charge in [0.2, 0.25) is 4.73 Å². The zero-order valence-corrected chi connectivity index (χ0v) is 6.47. The maximum Gasteiger partial charge on any atom is 0.343 e. The monoisotopic (exact) mass is 191 g/mol. The maximum atomic E-state index is 10.7. The van der Waals surface area contributed by atoms with E-state index >= 15 is 0 Å². The molecule has 1 heterocycles. The molecule has 0 aromatic carbocycles. The van der Waals surface area contributed by atoms with E-state index in [0.717, 1.165) is 0 Å². The second-order valence-electron chi connectivity index (χ2n) is 1.54. The second kappa shape index (κ2) is 2.34. The van der Waals surface area contributed by atoms with E-state index in [2.05, 4.69) is 26.1 Å². The number of hydrogen-bond donors (Lipinski definition) is 1. The van der Waals surface area contributed by atoms with Crippen LogP contribution in [0.15, 0.2) is 9.53 Å². The fraction of sp³-hybridized carbons (Fsp3) is 0.500. The van der Waals surface area contributed by atoms with E-state index in [1.54, 1.807) is 0 Å². The van der Waals surface area contributed by atoms with Gasteiger partial charge in [0, 0.05) is 6.54 Å². The molecule has 9 heavy (non-hydrogen) atoms. The molecule has 50 valence electrons. The first-order chi connectivity index (χ1) is 4.25. The van der Waals surface area contributed by atoms with Crippen LogP contribution in [0.25, 0.3) is 0 Å². The molecule has 0 atom stereocenters. The van der Waals surface area contributed by atoms with Crippen LogP contribution in [0.1, 0.15) is 6.92 Å². The SMILES string of the molecule is CCn1c(Br)n[nH]c1=O. The van der Waals surface area contributed by atoms with Crippen LogP contribution in [0.2, 0.25) is 0 Å². The highest BCUT2D eigenvalue weighted by Crippen LogP contribution is 1.98. The van der Waals surface area contributed by atoms with E-state index in [1.165, 1.54) is 4.57 Å². The predicted octanol–water partition coefficient (Wildman–Crippen LogP) is 0.354. The van der Waals surface area contributed by atoms with Crippen molar-refractivity contribution in [1.82, 2.24) is 14.8 Å². The molecule has 0 fully saturated rings. The van der Waals surface area contributed by atoms with Crippen LogP contribution >= 0.6 is 15.9 Å². The average molecular weight is 192 g/mol. The van der Waals surface area contributed by atoms with E-state index in [9.17, 15) is 4.79 Å². The second-order valence-corrected chi connectivity index (χ2v) is 2.25. The lowest BCUT2D eigenvalue weighted by atomic mass is 10.7. The van der Waals surface area contributed by atoms with E-state index in [0.29, 0.717) is 11.3 Å². The van der Waals surface area contributed by atoms with Gasteiger partial charge in [0.15, 0.2) is 0 Å². The number of nitrogens with zero attached hydrogens (tertiary/aromatic N) is 2. The summed E-state index contributed by atoms with van der Waals surface area (Å²) in [6.45, 7) is 2.51. The number of nitrogens with one attached hydrogen (secondary N) is 1. The molecule has 4 nitrogen and oxygen atoms in total. The summed E-state index contributed by atoms with van der Waals surface area (Å²) in [4.78, 5) is 10.7. The molecule has 1 aromatic heterocycles. The largest absolute Gasteiger partial charge is 0.343 e. The molecule has 0 unspecified atom stereocenters. The number of halogens is 1. The first-order valence-electron chi connectivity index (χ1n) is 2.56. The van der Waals surface area contributed by atoms with Gasteiger partial charge in [-0.05, 0) is 22.9 Å². The standard InChI is InChI=1S/C4H6BrN3O/c1-2-8-3(5)6-7-4(8)9/h2H2,1H3,(H,7,9). The summed E-state index contributed by atoms with van der Waals surface area (Å²) in [5, 5.41) is 5.93. The Hall–Kier alpha value is -0.580. The van der Waals surface area contributed by atoms with Crippen LogP contribution < -0.4 is 5.69 Å². The third-order valence-electron chi connectivity index (χ3n) is 1.03. The molecule has 0 amide bonds. The Morgan fingerprint density at radius 2 is 2.56 bits per heavy atom. The zero-order chi connectivity index (χ0) is 6.85. The molecule has 0 bridgehead atoms.